The molecule has 1 aromatic rings. The average molecular weight is 524 g/mol. The number of imide groups is 1. The van der Waals surface area contributed by atoms with Crippen LogP contribution in [0.5, 0.6) is 0 Å². The minimum Gasteiger partial charge on any atom is -0.338 e. The highest BCUT2D eigenvalue weighted by atomic mass is 16.2. The van der Waals surface area contributed by atoms with Gasteiger partial charge in [0.25, 0.3) is 11.8 Å². The molecule has 1 fully saturated rings. The van der Waals surface area contributed by atoms with Crippen LogP contribution in [0.3, 0.4) is 0 Å². The number of benzene rings is 1. The van der Waals surface area contributed by atoms with Crippen LogP contribution in [0.15, 0.2) is 34.5 Å². The van der Waals surface area contributed by atoms with Gasteiger partial charge in [0.1, 0.15) is 5.92 Å². The molecule has 5 atom stereocenters. The molecule has 1 N–H and O–H groups in total. The average Bonchev–Trinajstić information content (AvgIpc) is 2.92. The van der Waals surface area contributed by atoms with Crippen LogP contribution in [0.1, 0.15) is 96.3 Å². The molecule has 0 bridgehead atoms. The van der Waals surface area contributed by atoms with Gasteiger partial charge in [0.15, 0.2) is 6.04 Å². The van der Waals surface area contributed by atoms with E-state index in [4.69, 9.17) is 0 Å². The zero-order valence-corrected chi connectivity index (χ0v) is 23.8. The monoisotopic (exact) mass is 523 g/mol. The molecule has 208 valence electrons. The van der Waals surface area contributed by atoms with Crippen LogP contribution in [0.4, 0.5) is 5.69 Å². The Bertz CT molecular complexity index is 984. The van der Waals surface area contributed by atoms with Crippen molar-refractivity contribution in [3.8, 4) is 6.07 Å². The first-order valence-electron chi connectivity index (χ1n) is 14.3. The number of carbonyl (C=O) groups is 3. The second-order valence-electron chi connectivity index (χ2n) is 10.5. The van der Waals surface area contributed by atoms with Gasteiger partial charge >= 0.3 is 0 Å². The summed E-state index contributed by atoms with van der Waals surface area (Å²) in [7, 11) is 0. The number of amides is 3. The molecule has 1 aromatic carbocycles. The summed E-state index contributed by atoms with van der Waals surface area (Å²) in [4.78, 5) is 40.4. The van der Waals surface area contributed by atoms with Crippen molar-refractivity contribution in [2.45, 2.75) is 92.0 Å². The maximum absolute atomic E-state index is 14.0. The second-order valence-corrected chi connectivity index (χ2v) is 10.5. The standard InChI is InChI=1S/C30H45N5O3/c1-6-10-14-22(8-3)19-35(20-23(9-4)15-11-7-2)30(38)24-16-12-13-17-26(24)33-34-27-21(5)25(18-31)28(36)32-29(27)37/h12-13,16-17,21-23,25,27H,6-11,14-15,19-20H2,1-5H3,(H,32,36,37)/b34-33+. The van der Waals surface area contributed by atoms with Crippen molar-refractivity contribution in [1.82, 2.24) is 10.2 Å². The summed E-state index contributed by atoms with van der Waals surface area (Å²) in [5, 5.41) is 20.1. The number of nitrogens with one attached hydrogen (secondary N) is 1. The van der Waals surface area contributed by atoms with E-state index in [-0.39, 0.29) is 5.91 Å². The zero-order valence-electron chi connectivity index (χ0n) is 23.8. The van der Waals surface area contributed by atoms with Gasteiger partial charge in [-0.1, -0.05) is 85.3 Å². The Balaban J connectivity index is 2.35. The predicted octanol–water partition coefficient (Wildman–Crippen LogP) is 6.45. The molecule has 8 heteroatoms. The van der Waals surface area contributed by atoms with Crippen molar-refractivity contribution in [3.05, 3.63) is 29.8 Å². The number of hydrogen-bond acceptors (Lipinski definition) is 6. The number of nitriles is 1. The molecule has 0 aromatic heterocycles. The molecule has 1 heterocycles. The summed E-state index contributed by atoms with van der Waals surface area (Å²) >= 11 is 0. The Hall–Kier alpha value is -3.08. The van der Waals surface area contributed by atoms with E-state index in [2.05, 4.69) is 43.2 Å². The molecule has 0 spiro atoms. The largest absolute Gasteiger partial charge is 0.338 e. The van der Waals surface area contributed by atoms with Crippen molar-refractivity contribution in [3.63, 3.8) is 0 Å². The van der Waals surface area contributed by atoms with Gasteiger partial charge in [-0.3, -0.25) is 19.7 Å². The van der Waals surface area contributed by atoms with Crippen LogP contribution in [0, 0.1) is 35.0 Å². The van der Waals surface area contributed by atoms with Gasteiger partial charge in [0.2, 0.25) is 5.91 Å². The fourth-order valence-corrected chi connectivity index (χ4v) is 5.00. The number of rotatable bonds is 15. The van der Waals surface area contributed by atoms with Gasteiger partial charge in [-0.05, 0) is 36.8 Å². The number of piperidine rings is 1. The van der Waals surface area contributed by atoms with E-state index in [0.29, 0.717) is 36.2 Å². The first-order chi connectivity index (χ1) is 18.3. The lowest BCUT2D eigenvalue weighted by Crippen LogP contribution is -2.52. The van der Waals surface area contributed by atoms with Crippen molar-refractivity contribution >= 4 is 23.4 Å². The third-order valence-corrected chi connectivity index (χ3v) is 7.72. The van der Waals surface area contributed by atoms with E-state index in [1.165, 1.54) is 0 Å². The predicted molar refractivity (Wildman–Crippen MR) is 149 cm³/mol. The molecule has 1 saturated heterocycles. The first kappa shape index (κ1) is 31.1. The summed E-state index contributed by atoms with van der Waals surface area (Å²) in [6.45, 7) is 11.8. The Labute approximate surface area is 228 Å². The van der Waals surface area contributed by atoms with Gasteiger partial charge in [-0.15, -0.1) is 0 Å². The summed E-state index contributed by atoms with van der Waals surface area (Å²) in [5.74, 6) is -1.98. The quantitative estimate of drug-likeness (QED) is 0.210. The van der Waals surface area contributed by atoms with E-state index < -0.39 is 29.7 Å². The SMILES string of the molecule is CCCCC(CC)CN(CC(CC)CCCC)C(=O)c1ccccc1/N=N/C1C(=O)NC(=O)C(C#N)C1C. The number of carbonyl (C=O) groups excluding carboxylic acids is 3. The van der Waals surface area contributed by atoms with Crippen LogP contribution < -0.4 is 5.32 Å². The molecular weight excluding hydrogens is 478 g/mol. The molecule has 3 amide bonds. The molecule has 5 unspecified atom stereocenters. The van der Waals surface area contributed by atoms with E-state index in [9.17, 15) is 19.6 Å². The van der Waals surface area contributed by atoms with Crippen molar-refractivity contribution in [1.29, 1.82) is 5.26 Å². The lowest BCUT2D eigenvalue weighted by molar-refractivity contribution is -0.138. The molecule has 38 heavy (non-hydrogen) atoms. The molecule has 0 saturated carbocycles. The lowest BCUT2D eigenvalue weighted by atomic mass is 9.84. The fourth-order valence-electron chi connectivity index (χ4n) is 5.00. The van der Waals surface area contributed by atoms with E-state index in [1.807, 2.05) is 17.0 Å². The number of hydrogen-bond donors (Lipinski definition) is 1. The third-order valence-electron chi connectivity index (χ3n) is 7.72. The smallest absolute Gasteiger partial charge is 0.256 e. The summed E-state index contributed by atoms with van der Waals surface area (Å²) in [5.41, 5.74) is 0.833. The van der Waals surface area contributed by atoms with Gasteiger partial charge in [-0.2, -0.15) is 15.5 Å². The molecular formula is C30H45N5O3. The molecule has 1 aliphatic rings. The van der Waals surface area contributed by atoms with Crippen LogP contribution >= 0.6 is 0 Å². The second kappa shape index (κ2) is 16.0. The normalized spacial score (nSPS) is 21.1. The Morgan fingerprint density at radius 1 is 1.00 bits per heavy atom. The maximum atomic E-state index is 14.0. The molecule has 0 aliphatic carbocycles. The molecule has 8 nitrogen and oxygen atoms in total. The number of nitrogens with zero attached hydrogens (tertiary/aromatic N) is 4. The number of azo groups is 1. The third kappa shape index (κ3) is 8.47. The van der Waals surface area contributed by atoms with E-state index in [0.717, 1.165) is 51.4 Å². The highest BCUT2D eigenvalue weighted by Gasteiger charge is 2.41. The molecule has 2 rings (SSSR count). The summed E-state index contributed by atoms with van der Waals surface area (Å²) < 4.78 is 0. The minimum absolute atomic E-state index is 0.0735. The van der Waals surface area contributed by atoms with E-state index >= 15 is 0 Å². The van der Waals surface area contributed by atoms with Crippen LogP contribution in [0.25, 0.3) is 0 Å². The van der Waals surface area contributed by atoms with Crippen LogP contribution in [-0.4, -0.2) is 41.8 Å². The Morgan fingerprint density at radius 3 is 2.11 bits per heavy atom. The van der Waals surface area contributed by atoms with Crippen molar-refractivity contribution < 1.29 is 14.4 Å². The summed E-state index contributed by atoms with van der Waals surface area (Å²) in [6, 6.07) is 8.04. The van der Waals surface area contributed by atoms with Crippen LogP contribution in [0.2, 0.25) is 0 Å². The Kier molecular flexibility index (Phi) is 13.1. The molecule has 0 radical (unpaired) electrons. The summed E-state index contributed by atoms with van der Waals surface area (Å²) in [6.07, 6.45) is 8.78. The minimum atomic E-state index is -0.979. The van der Waals surface area contributed by atoms with Crippen molar-refractivity contribution in [2.75, 3.05) is 13.1 Å². The van der Waals surface area contributed by atoms with Crippen LogP contribution in [-0.2, 0) is 9.59 Å². The first-order valence-corrected chi connectivity index (χ1v) is 14.3. The highest BCUT2D eigenvalue weighted by molar-refractivity contribution is 6.03. The van der Waals surface area contributed by atoms with Gasteiger partial charge in [0, 0.05) is 19.0 Å². The van der Waals surface area contributed by atoms with Gasteiger partial charge in [-0.25, -0.2) is 0 Å². The van der Waals surface area contributed by atoms with Crippen molar-refractivity contribution in [2.24, 2.45) is 33.9 Å². The molecule has 1 aliphatic heterocycles. The van der Waals surface area contributed by atoms with Gasteiger partial charge < -0.3 is 4.90 Å². The topological polar surface area (TPSA) is 115 Å². The lowest BCUT2D eigenvalue weighted by Gasteiger charge is -2.31. The number of unbranched alkanes of at least 4 members (excludes halogenated alkanes) is 2. The highest BCUT2D eigenvalue weighted by Crippen LogP contribution is 2.28. The van der Waals surface area contributed by atoms with E-state index in [1.54, 1.807) is 25.1 Å². The fraction of sp³-hybridized carbons (Fsp3) is 0.667. The van der Waals surface area contributed by atoms with Gasteiger partial charge in [0.05, 0.1) is 17.3 Å². The zero-order chi connectivity index (χ0) is 28.1. The maximum Gasteiger partial charge on any atom is 0.256 e. The Morgan fingerprint density at radius 2 is 1.58 bits per heavy atom.